The minimum absolute atomic E-state index is 0.0202. The number of aliphatic carboxylic acids is 1. The van der Waals surface area contributed by atoms with E-state index < -0.39 is 17.6 Å². The second-order valence-electron chi connectivity index (χ2n) is 11.8. The molecule has 1 saturated carbocycles. The van der Waals surface area contributed by atoms with Gasteiger partial charge in [0, 0.05) is 38.0 Å². The number of alkyl carbamates (subject to hydrolysis) is 1. The number of fused-ring (bicyclic) bond motifs is 3. The van der Waals surface area contributed by atoms with Gasteiger partial charge in [0.25, 0.3) is 0 Å². The number of benzene rings is 3. The molecule has 1 saturated heterocycles. The molecular weight excluding hydrogens is 530 g/mol. The molecule has 3 aromatic carbocycles. The molecule has 1 heterocycles. The molecule has 0 spiro atoms. The van der Waals surface area contributed by atoms with Crippen LogP contribution in [0.15, 0.2) is 78.9 Å². The van der Waals surface area contributed by atoms with Crippen molar-refractivity contribution in [3.63, 3.8) is 0 Å². The number of rotatable bonds is 9. The number of nitrogens with one attached hydrogen (secondary N) is 2. The van der Waals surface area contributed by atoms with Gasteiger partial charge in [0.15, 0.2) is 5.54 Å². The smallest absolute Gasteiger partial charge is 0.407 e. The number of carbonyl (C=O) groups is 3. The van der Waals surface area contributed by atoms with Gasteiger partial charge in [-0.3, -0.25) is 9.69 Å². The monoisotopic (exact) mass is 567 g/mol. The molecule has 3 aromatic rings. The summed E-state index contributed by atoms with van der Waals surface area (Å²) in [5, 5.41) is 15.9. The molecular formula is C34H37N3O5. The molecule has 1 aliphatic heterocycles. The molecule has 42 heavy (non-hydrogen) atoms. The summed E-state index contributed by atoms with van der Waals surface area (Å²) in [6.07, 6.45) is 2.18. The Labute approximate surface area is 246 Å². The average Bonchev–Trinajstić information content (AvgIpc) is 3.72. The molecule has 3 atom stereocenters. The quantitative estimate of drug-likeness (QED) is 0.343. The number of hydrogen-bond donors (Lipinski definition) is 3. The van der Waals surface area contributed by atoms with Crippen LogP contribution in [-0.4, -0.2) is 59.8 Å². The number of nitrogens with zero attached hydrogens (tertiary/aromatic N) is 1. The standard InChI is InChI=1S/C34H37N3O5/c38-31(36-34(32(39)40)17-18-37(22-34)20-23-9-2-1-3-10-23)25-16-8-11-24(25)19-35-33(41)42-21-30-28-14-6-4-12-26(28)27-13-5-7-15-29(27)30/h1-7,9-10,12-15,24-25,30H,8,11,16-22H2,(H,35,41)(H,36,38)(H,39,40)/t24-,25-,34?/m1/s1. The number of carbonyl (C=O) groups excluding carboxylic acids is 2. The highest BCUT2D eigenvalue weighted by Gasteiger charge is 2.48. The van der Waals surface area contributed by atoms with Crippen molar-refractivity contribution in [3.05, 3.63) is 95.6 Å². The van der Waals surface area contributed by atoms with Crippen LogP contribution < -0.4 is 10.6 Å². The zero-order chi connectivity index (χ0) is 29.1. The average molecular weight is 568 g/mol. The fraction of sp³-hybridized carbons (Fsp3) is 0.382. The summed E-state index contributed by atoms with van der Waals surface area (Å²) >= 11 is 0. The molecule has 2 amide bonds. The summed E-state index contributed by atoms with van der Waals surface area (Å²) in [7, 11) is 0. The number of carboxylic acids is 1. The molecule has 2 fully saturated rings. The van der Waals surface area contributed by atoms with Crippen molar-refractivity contribution in [2.24, 2.45) is 11.8 Å². The van der Waals surface area contributed by atoms with E-state index in [0.717, 1.165) is 29.5 Å². The Morgan fingerprint density at radius 3 is 2.26 bits per heavy atom. The van der Waals surface area contributed by atoms with Crippen LogP contribution in [0.3, 0.4) is 0 Å². The summed E-state index contributed by atoms with van der Waals surface area (Å²) in [5.41, 5.74) is 4.46. The fourth-order valence-electron chi connectivity index (χ4n) is 7.01. The van der Waals surface area contributed by atoms with Crippen LogP contribution in [0.1, 0.15) is 48.3 Å². The minimum atomic E-state index is -1.31. The summed E-state index contributed by atoms with van der Waals surface area (Å²) in [6.45, 7) is 2.04. The first kappa shape index (κ1) is 28.0. The van der Waals surface area contributed by atoms with Gasteiger partial charge in [-0.05, 0) is 53.0 Å². The second-order valence-corrected chi connectivity index (χ2v) is 11.8. The Kier molecular flexibility index (Phi) is 7.98. The third-order valence-electron chi connectivity index (χ3n) is 9.22. The Hall–Kier alpha value is -4.17. The first-order valence-corrected chi connectivity index (χ1v) is 14.8. The third-order valence-corrected chi connectivity index (χ3v) is 9.22. The molecule has 218 valence electrons. The second kappa shape index (κ2) is 12.0. The summed E-state index contributed by atoms with van der Waals surface area (Å²) < 4.78 is 5.68. The molecule has 0 radical (unpaired) electrons. The highest BCUT2D eigenvalue weighted by molar-refractivity contribution is 5.89. The van der Waals surface area contributed by atoms with Gasteiger partial charge in [0.2, 0.25) is 5.91 Å². The normalized spacial score (nSPS) is 23.2. The van der Waals surface area contributed by atoms with Crippen LogP contribution in [0, 0.1) is 11.8 Å². The van der Waals surface area contributed by atoms with Gasteiger partial charge in [-0.1, -0.05) is 85.3 Å². The lowest BCUT2D eigenvalue weighted by molar-refractivity contribution is -0.148. The van der Waals surface area contributed by atoms with Gasteiger partial charge in [0.1, 0.15) is 6.61 Å². The fourth-order valence-corrected chi connectivity index (χ4v) is 7.01. The van der Waals surface area contributed by atoms with Crippen molar-refractivity contribution in [3.8, 4) is 11.1 Å². The molecule has 0 bridgehead atoms. The van der Waals surface area contributed by atoms with Gasteiger partial charge < -0.3 is 20.5 Å². The maximum absolute atomic E-state index is 13.4. The highest BCUT2D eigenvalue weighted by atomic mass is 16.5. The van der Waals surface area contributed by atoms with E-state index in [1.165, 1.54) is 11.1 Å². The van der Waals surface area contributed by atoms with Gasteiger partial charge in [0.05, 0.1) is 0 Å². The zero-order valence-electron chi connectivity index (χ0n) is 23.6. The van der Waals surface area contributed by atoms with Crippen LogP contribution in [0.2, 0.25) is 0 Å². The predicted molar refractivity (Wildman–Crippen MR) is 159 cm³/mol. The van der Waals surface area contributed by atoms with Crippen molar-refractivity contribution in [1.29, 1.82) is 0 Å². The largest absolute Gasteiger partial charge is 0.479 e. The van der Waals surface area contributed by atoms with Gasteiger partial charge >= 0.3 is 12.1 Å². The van der Waals surface area contributed by atoms with Crippen LogP contribution in [0.25, 0.3) is 11.1 Å². The molecule has 6 rings (SSSR count). The molecule has 8 heteroatoms. The number of ether oxygens (including phenoxy) is 1. The number of hydrogen-bond acceptors (Lipinski definition) is 5. The van der Waals surface area contributed by atoms with E-state index in [9.17, 15) is 19.5 Å². The van der Waals surface area contributed by atoms with Crippen molar-refractivity contribution >= 4 is 18.0 Å². The first-order chi connectivity index (χ1) is 20.4. The van der Waals surface area contributed by atoms with Gasteiger partial charge in [-0.15, -0.1) is 0 Å². The summed E-state index contributed by atoms with van der Waals surface area (Å²) in [6, 6.07) is 26.3. The number of amides is 2. The summed E-state index contributed by atoms with van der Waals surface area (Å²) in [5.74, 6) is -1.68. The van der Waals surface area contributed by atoms with Crippen LogP contribution in [0.5, 0.6) is 0 Å². The Balaban J connectivity index is 1.02. The molecule has 8 nitrogen and oxygen atoms in total. The summed E-state index contributed by atoms with van der Waals surface area (Å²) in [4.78, 5) is 40.6. The number of carboxylic acid groups (broad SMARTS) is 1. The van der Waals surface area contributed by atoms with Crippen molar-refractivity contribution < 1.29 is 24.2 Å². The van der Waals surface area contributed by atoms with E-state index in [0.29, 0.717) is 32.5 Å². The van der Waals surface area contributed by atoms with Gasteiger partial charge in [-0.2, -0.15) is 0 Å². The topological polar surface area (TPSA) is 108 Å². The SMILES string of the molecule is O=C(NC[C@H]1CCC[C@H]1C(=O)NC1(C(=O)O)CCN(Cc2ccccc2)C1)OCC1c2ccccc2-c2ccccc21. The van der Waals surface area contributed by atoms with E-state index in [2.05, 4.69) is 39.8 Å². The van der Waals surface area contributed by atoms with E-state index in [-0.39, 0.29) is 36.8 Å². The molecule has 2 aliphatic carbocycles. The Bertz CT molecular complexity index is 1410. The lowest BCUT2D eigenvalue weighted by atomic mass is 9.92. The van der Waals surface area contributed by atoms with E-state index in [4.69, 9.17) is 4.74 Å². The predicted octanol–water partition coefficient (Wildman–Crippen LogP) is 4.79. The van der Waals surface area contributed by atoms with Crippen LogP contribution in [-0.2, 0) is 20.9 Å². The molecule has 3 aliphatic rings. The van der Waals surface area contributed by atoms with Crippen LogP contribution in [0.4, 0.5) is 4.79 Å². The number of likely N-dealkylation sites (tertiary alicyclic amines) is 1. The first-order valence-electron chi connectivity index (χ1n) is 14.8. The Morgan fingerprint density at radius 1 is 0.905 bits per heavy atom. The lowest BCUT2D eigenvalue weighted by Gasteiger charge is -2.29. The zero-order valence-corrected chi connectivity index (χ0v) is 23.6. The highest BCUT2D eigenvalue weighted by Crippen LogP contribution is 2.44. The maximum atomic E-state index is 13.4. The van der Waals surface area contributed by atoms with Crippen molar-refractivity contribution in [2.75, 3.05) is 26.2 Å². The minimum Gasteiger partial charge on any atom is -0.479 e. The molecule has 0 aromatic heterocycles. The van der Waals surface area contributed by atoms with Crippen LogP contribution >= 0.6 is 0 Å². The molecule has 3 N–H and O–H groups in total. The van der Waals surface area contributed by atoms with E-state index in [1.54, 1.807) is 0 Å². The Morgan fingerprint density at radius 2 is 1.57 bits per heavy atom. The maximum Gasteiger partial charge on any atom is 0.407 e. The van der Waals surface area contributed by atoms with Crippen molar-refractivity contribution in [1.82, 2.24) is 15.5 Å². The lowest BCUT2D eigenvalue weighted by Crippen LogP contribution is -2.58. The van der Waals surface area contributed by atoms with Crippen molar-refractivity contribution in [2.45, 2.75) is 43.7 Å². The van der Waals surface area contributed by atoms with Gasteiger partial charge in [-0.25, -0.2) is 9.59 Å². The van der Waals surface area contributed by atoms with E-state index >= 15 is 0 Å². The van der Waals surface area contributed by atoms with E-state index in [1.807, 2.05) is 54.6 Å². The molecule has 1 unspecified atom stereocenters. The third kappa shape index (κ3) is 5.63.